The molecule has 0 amide bonds. The predicted molar refractivity (Wildman–Crippen MR) is 121 cm³/mol. The van der Waals surface area contributed by atoms with E-state index >= 15 is 0 Å². The molecule has 0 spiro atoms. The van der Waals surface area contributed by atoms with Gasteiger partial charge in [0.2, 0.25) is 0 Å². The van der Waals surface area contributed by atoms with E-state index in [1.165, 1.54) is 10.6 Å². The van der Waals surface area contributed by atoms with Crippen LogP contribution in [0.3, 0.4) is 0 Å². The zero-order valence-electron chi connectivity index (χ0n) is 16.5. The third-order valence-corrected chi connectivity index (χ3v) is 7.81. The molecule has 0 bridgehead atoms. The van der Waals surface area contributed by atoms with E-state index in [4.69, 9.17) is 9.47 Å². The van der Waals surface area contributed by atoms with Gasteiger partial charge < -0.3 is 9.47 Å². The number of rotatable bonds is 6. The molecule has 1 saturated heterocycles. The lowest BCUT2D eigenvalue weighted by Gasteiger charge is -2.22. The lowest BCUT2D eigenvalue weighted by atomic mass is 10.1. The first-order chi connectivity index (χ1) is 14.7. The number of hydrogen-bond donors (Lipinski definition) is 0. The number of carbonyl (C=O) groups is 2. The summed E-state index contributed by atoms with van der Waals surface area (Å²) in [6, 6.07) is 16.2. The molecule has 1 atom stereocenters. The quantitative estimate of drug-likeness (QED) is 0.489. The van der Waals surface area contributed by atoms with Crippen LogP contribution in [0.15, 0.2) is 59.7 Å². The summed E-state index contributed by atoms with van der Waals surface area (Å²) in [4.78, 5) is 25.1. The average Bonchev–Trinajstić information content (AvgIpc) is 3.46. The van der Waals surface area contributed by atoms with E-state index in [2.05, 4.69) is 5.10 Å². The molecule has 0 N–H and O–H groups in total. The monoisotopic (exact) mass is 442 g/mol. The van der Waals surface area contributed by atoms with Gasteiger partial charge in [0.25, 0.3) is 0 Å². The largest absolute Gasteiger partial charge is 0.461 e. The van der Waals surface area contributed by atoms with Crippen molar-refractivity contribution in [1.82, 2.24) is 0 Å². The maximum atomic E-state index is 13.0. The summed E-state index contributed by atoms with van der Waals surface area (Å²) in [5.41, 5.74) is 2.15. The Morgan fingerprint density at radius 1 is 1.07 bits per heavy atom. The van der Waals surface area contributed by atoms with Crippen LogP contribution in [0.5, 0.6) is 5.75 Å². The maximum Gasteiger partial charge on any atom is 0.354 e. The second kappa shape index (κ2) is 9.57. The minimum Gasteiger partial charge on any atom is -0.461 e. The molecule has 1 unspecified atom stereocenters. The highest BCUT2D eigenvalue weighted by molar-refractivity contribution is 8.19. The summed E-state index contributed by atoms with van der Waals surface area (Å²) in [6.45, 7) is 1.99. The Labute approximate surface area is 184 Å². The van der Waals surface area contributed by atoms with Crippen molar-refractivity contribution in [2.75, 3.05) is 23.1 Å². The summed E-state index contributed by atoms with van der Waals surface area (Å²) in [5.74, 6) is 1.83. The summed E-state index contributed by atoms with van der Waals surface area (Å²) < 4.78 is 11.1. The number of esters is 2. The molecule has 2 aromatic carbocycles. The highest BCUT2D eigenvalue weighted by Crippen LogP contribution is 2.45. The van der Waals surface area contributed by atoms with E-state index in [0.29, 0.717) is 16.0 Å². The zero-order valence-corrected chi connectivity index (χ0v) is 18.2. The van der Waals surface area contributed by atoms with Crippen LogP contribution in [0.4, 0.5) is 5.69 Å². The zero-order chi connectivity index (χ0) is 20.9. The molecule has 2 aromatic rings. The number of anilines is 1. The van der Waals surface area contributed by atoms with Crippen LogP contribution in [0.1, 0.15) is 23.5 Å². The standard InChI is InChI=1S/C22H22N2O4S2/c1-2-27-20(25)18-14-19(24(23-18)16-6-4-3-5-7-16)21(26)28-17-10-8-15(9-11-17)22-29-12-13-30-22/h3-11,19,22H,2,12-14H2,1H3. The number of hydrazone groups is 1. The van der Waals surface area contributed by atoms with Gasteiger partial charge >= 0.3 is 11.9 Å². The van der Waals surface area contributed by atoms with Gasteiger partial charge in [-0.05, 0) is 36.8 Å². The van der Waals surface area contributed by atoms with E-state index in [-0.39, 0.29) is 18.7 Å². The predicted octanol–water partition coefficient (Wildman–Crippen LogP) is 4.27. The van der Waals surface area contributed by atoms with E-state index in [0.717, 1.165) is 11.5 Å². The smallest absolute Gasteiger partial charge is 0.354 e. The second-order valence-corrected chi connectivity index (χ2v) is 9.46. The first kappa shape index (κ1) is 20.8. The number of hydrogen-bond acceptors (Lipinski definition) is 8. The molecule has 6 nitrogen and oxygen atoms in total. The van der Waals surface area contributed by atoms with Crippen LogP contribution in [0.2, 0.25) is 0 Å². The number of benzene rings is 2. The topological polar surface area (TPSA) is 68.2 Å². The normalized spacial score (nSPS) is 18.9. The van der Waals surface area contributed by atoms with Crippen LogP contribution >= 0.6 is 23.5 Å². The van der Waals surface area contributed by atoms with Crippen molar-refractivity contribution in [3.63, 3.8) is 0 Å². The molecule has 0 aliphatic carbocycles. The summed E-state index contributed by atoms with van der Waals surface area (Å²) >= 11 is 3.86. The highest BCUT2D eigenvalue weighted by atomic mass is 32.2. The number of thioether (sulfide) groups is 2. The van der Waals surface area contributed by atoms with E-state index in [1.807, 2.05) is 78.1 Å². The van der Waals surface area contributed by atoms with Crippen molar-refractivity contribution < 1.29 is 19.1 Å². The average molecular weight is 443 g/mol. The van der Waals surface area contributed by atoms with Gasteiger partial charge in [-0.1, -0.05) is 30.3 Å². The van der Waals surface area contributed by atoms with E-state index in [1.54, 1.807) is 6.92 Å². The van der Waals surface area contributed by atoms with Gasteiger partial charge in [0.05, 0.1) is 16.9 Å². The lowest BCUT2D eigenvalue weighted by Crippen LogP contribution is -2.37. The van der Waals surface area contributed by atoms with Crippen LogP contribution in [-0.4, -0.2) is 41.8 Å². The second-order valence-electron chi connectivity index (χ2n) is 6.73. The molecule has 2 aliphatic heterocycles. The summed E-state index contributed by atoms with van der Waals surface area (Å²) in [5, 5.41) is 5.89. The van der Waals surface area contributed by atoms with Crippen molar-refractivity contribution in [2.24, 2.45) is 5.10 Å². The van der Waals surface area contributed by atoms with Gasteiger partial charge in [-0.3, -0.25) is 5.01 Å². The number of ether oxygens (including phenoxy) is 2. The molecule has 30 heavy (non-hydrogen) atoms. The Morgan fingerprint density at radius 2 is 1.77 bits per heavy atom. The Morgan fingerprint density at radius 3 is 2.43 bits per heavy atom. The number of para-hydroxylation sites is 1. The summed E-state index contributed by atoms with van der Waals surface area (Å²) in [7, 11) is 0. The third kappa shape index (κ3) is 4.65. The Hall–Kier alpha value is -2.45. The highest BCUT2D eigenvalue weighted by Gasteiger charge is 2.38. The summed E-state index contributed by atoms with van der Waals surface area (Å²) in [6.07, 6.45) is 0.139. The van der Waals surface area contributed by atoms with Crippen LogP contribution in [0.25, 0.3) is 0 Å². The van der Waals surface area contributed by atoms with E-state index < -0.39 is 18.0 Å². The van der Waals surface area contributed by atoms with Crippen molar-refractivity contribution in [2.45, 2.75) is 24.0 Å². The van der Waals surface area contributed by atoms with Crippen molar-refractivity contribution in [3.05, 3.63) is 60.2 Å². The number of carbonyl (C=O) groups excluding carboxylic acids is 2. The van der Waals surface area contributed by atoms with Gasteiger partial charge in [-0.25, -0.2) is 9.59 Å². The molecule has 8 heteroatoms. The van der Waals surface area contributed by atoms with Gasteiger partial charge in [0.15, 0.2) is 6.04 Å². The van der Waals surface area contributed by atoms with Crippen molar-refractivity contribution in [1.29, 1.82) is 0 Å². The Balaban J connectivity index is 1.49. The van der Waals surface area contributed by atoms with Gasteiger partial charge in [-0.15, -0.1) is 23.5 Å². The SMILES string of the molecule is CCOC(=O)C1=NN(c2ccccc2)C(C(=O)Oc2ccc(C3SCCS3)cc2)C1. The van der Waals surface area contributed by atoms with Gasteiger partial charge in [0, 0.05) is 17.9 Å². The van der Waals surface area contributed by atoms with Crippen LogP contribution in [0, 0.1) is 0 Å². The van der Waals surface area contributed by atoms with Crippen molar-refractivity contribution >= 4 is 46.9 Å². The molecule has 0 aromatic heterocycles. The van der Waals surface area contributed by atoms with Crippen LogP contribution in [-0.2, 0) is 14.3 Å². The molecule has 2 heterocycles. The Bertz CT molecular complexity index is 928. The molecule has 0 radical (unpaired) electrons. The lowest BCUT2D eigenvalue weighted by molar-refractivity contribution is -0.135. The first-order valence-corrected chi connectivity index (χ1v) is 11.9. The van der Waals surface area contributed by atoms with Crippen LogP contribution < -0.4 is 9.75 Å². The van der Waals surface area contributed by atoms with E-state index in [9.17, 15) is 9.59 Å². The molecular weight excluding hydrogens is 420 g/mol. The molecule has 1 fully saturated rings. The third-order valence-electron chi connectivity index (χ3n) is 4.71. The molecule has 156 valence electrons. The molecule has 2 aliphatic rings. The molecule has 0 saturated carbocycles. The fourth-order valence-electron chi connectivity index (χ4n) is 3.28. The number of nitrogens with zero attached hydrogens (tertiary/aromatic N) is 2. The fraction of sp³-hybridized carbons (Fsp3) is 0.318. The van der Waals surface area contributed by atoms with Gasteiger partial charge in [0.1, 0.15) is 11.5 Å². The first-order valence-electron chi connectivity index (χ1n) is 9.79. The van der Waals surface area contributed by atoms with Gasteiger partial charge in [-0.2, -0.15) is 5.10 Å². The van der Waals surface area contributed by atoms with Crippen molar-refractivity contribution in [3.8, 4) is 5.75 Å². The maximum absolute atomic E-state index is 13.0. The minimum absolute atomic E-state index is 0.139. The minimum atomic E-state index is -0.729. The fourth-order valence-corrected chi connectivity index (χ4v) is 6.14. The Kier molecular flexibility index (Phi) is 6.64. The molecule has 4 rings (SSSR count). The molecular formula is C22H22N2O4S2.